The first kappa shape index (κ1) is 20.7. The molecule has 1 aromatic heterocycles. The second-order valence-electron chi connectivity index (χ2n) is 7.39. The van der Waals surface area contributed by atoms with Crippen LogP contribution in [-0.4, -0.2) is 4.98 Å². The third-order valence-electron chi connectivity index (χ3n) is 5.01. The summed E-state index contributed by atoms with van der Waals surface area (Å²) in [4.78, 5) is 4.71. The minimum Gasteiger partial charge on any atom is -0.456 e. The molecular weight excluding hydrogens is 396 g/mol. The molecule has 32 heavy (non-hydrogen) atoms. The predicted molar refractivity (Wildman–Crippen MR) is 127 cm³/mol. The van der Waals surface area contributed by atoms with Crippen molar-refractivity contribution in [3.8, 4) is 23.6 Å². The number of nitrogens with zero attached hydrogens (tertiary/aromatic N) is 3. The van der Waals surface area contributed by atoms with E-state index in [9.17, 15) is 0 Å². The first-order valence-electron chi connectivity index (χ1n) is 10.1. The second-order valence-corrected chi connectivity index (χ2v) is 7.39. The highest BCUT2D eigenvalue weighted by Crippen LogP contribution is 2.36. The monoisotopic (exact) mass is 416 g/mol. The van der Waals surface area contributed by atoms with E-state index in [2.05, 4.69) is 11.4 Å². The fourth-order valence-electron chi connectivity index (χ4n) is 3.55. The summed E-state index contributed by atoms with van der Waals surface area (Å²) in [5, 5.41) is 22.0. The van der Waals surface area contributed by atoms with E-state index in [1.54, 1.807) is 18.2 Å². The highest BCUT2D eigenvalue weighted by atomic mass is 16.5. The Morgan fingerprint density at radius 3 is 2.34 bits per heavy atom. The lowest BCUT2D eigenvalue weighted by atomic mass is 10.1. The lowest BCUT2D eigenvalue weighted by Crippen LogP contribution is -1.98. The van der Waals surface area contributed by atoms with E-state index in [0.717, 1.165) is 39.0 Å². The van der Waals surface area contributed by atoms with Gasteiger partial charge >= 0.3 is 0 Å². The maximum Gasteiger partial charge on any atom is 0.140 e. The van der Waals surface area contributed by atoms with Crippen LogP contribution in [0.5, 0.6) is 11.5 Å². The van der Waals surface area contributed by atoms with E-state index >= 15 is 0 Å². The van der Waals surface area contributed by atoms with Gasteiger partial charge < -0.3 is 10.1 Å². The van der Waals surface area contributed by atoms with Gasteiger partial charge in [0, 0.05) is 23.2 Å². The minimum absolute atomic E-state index is 0.602. The van der Waals surface area contributed by atoms with Crippen molar-refractivity contribution in [1.82, 2.24) is 4.98 Å². The number of nitrogens with one attached hydrogen (secondary N) is 1. The number of aryl methyl sites for hydroxylation is 2. The maximum absolute atomic E-state index is 9.00. The second kappa shape index (κ2) is 9.04. The van der Waals surface area contributed by atoms with Crippen molar-refractivity contribution in [2.45, 2.75) is 13.8 Å². The van der Waals surface area contributed by atoms with Gasteiger partial charge in [-0.05, 0) is 85.1 Å². The van der Waals surface area contributed by atoms with Crippen molar-refractivity contribution < 1.29 is 4.74 Å². The number of para-hydroxylation sites is 1. The molecule has 0 saturated carbocycles. The average Bonchev–Trinajstić information content (AvgIpc) is 2.80. The van der Waals surface area contributed by atoms with Crippen LogP contribution in [-0.2, 0) is 0 Å². The fraction of sp³-hybridized carbons (Fsp3) is 0.0741. The summed E-state index contributed by atoms with van der Waals surface area (Å²) >= 11 is 0. The van der Waals surface area contributed by atoms with Gasteiger partial charge in [-0.2, -0.15) is 10.5 Å². The summed E-state index contributed by atoms with van der Waals surface area (Å²) in [7, 11) is 0. The molecule has 0 aliphatic heterocycles. The summed E-state index contributed by atoms with van der Waals surface area (Å²) in [6.45, 7) is 3.98. The molecule has 4 rings (SSSR count). The van der Waals surface area contributed by atoms with Crippen LogP contribution in [0.4, 0.5) is 11.5 Å². The molecule has 1 heterocycles. The number of allylic oxidation sites excluding steroid dienone is 1. The van der Waals surface area contributed by atoms with Gasteiger partial charge in [0.1, 0.15) is 17.3 Å². The number of ether oxygens (including phenoxy) is 1. The third-order valence-corrected chi connectivity index (χ3v) is 5.01. The number of pyridine rings is 1. The van der Waals surface area contributed by atoms with Gasteiger partial charge in [0.25, 0.3) is 0 Å². The minimum atomic E-state index is 0.602. The molecule has 0 bridgehead atoms. The molecule has 0 aliphatic rings. The molecule has 0 saturated heterocycles. The number of hydrogen-bond donors (Lipinski definition) is 1. The molecule has 0 spiro atoms. The van der Waals surface area contributed by atoms with Crippen molar-refractivity contribution >= 4 is 28.5 Å². The van der Waals surface area contributed by atoms with Crippen LogP contribution < -0.4 is 10.1 Å². The SMILES string of the molecule is Cc1cc(/C=C\C#N)cc(C)c1Oc1cc(Nc2ccc(C#N)cc2)nc2ccccc12. The Labute approximate surface area is 186 Å². The Morgan fingerprint density at radius 2 is 1.66 bits per heavy atom. The number of hydrogen-bond acceptors (Lipinski definition) is 5. The Morgan fingerprint density at radius 1 is 0.938 bits per heavy atom. The number of fused-ring (bicyclic) bond motifs is 1. The highest BCUT2D eigenvalue weighted by molar-refractivity contribution is 5.87. The molecule has 0 fully saturated rings. The number of benzene rings is 3. The summed E-state index contributed by atoms with van der Waals surface area (Å²) < 4.78 is 6.42. The van der Waals surface area contributed by atoms with E-state index in [0.29, 0.717) is 17.1 Å². The van der Waals surface area contributed by atoms with Gasteiger partial charge in [-0.15, -0.1) is 0 Å². The van der Waals surface area contributed by atoms with Gasteiger partial charge in [0.05, 0.1) is 23.2 Å². The van der Waals surface area contributed by atoms with Crippen molar-refractivity contribution in [2.24, 2.45) is 0 Å². The fourth-order valence-corrected chi connectivity index (χ4v) is 3.55. The molecule has 3 aromatic carbocycles. The third kappa shape index (κ3) is 4.43. The molecule has 0 amide bonds. The van der Waals surface area contributed by atoms with Crippen molar-refractivity contribution in [3.63, 3.8) is 0 Å². The van der Waals surface area contributed by atoms with E-state index in [1.807, 2.05) is 74.5 Å². The van der Waals surface area contributed by atoms with Gasteiger partial charge in [0.2, 0.25) is 0 Å². The molecule has 0 unspecified atom stereocenters. The Balaban J connectivity index is 1.73. The van der Waals surface area contributed by atoms with E-state index in [4.69, 9.17) is 20.2 Å². The normalized spacial score (nSPS) is 10.6. The van der Waals surface area contributed by atoms with Gasteiger partial charge in [0.15, 0.2) is 0 Å². The maximum atomic E-state index is 9.00. The largest absolute Gasteiger partial charge is 0.456 e. The first-order valence-corrected chi connectivity index (χ1v) is 10.1. The number of nitriles is 2. The summed E-state index contributed by atoms with van der Waals surface area (Å²) in [5.41, 5.74) is 5.15. The van der Waals surface area contributed by atoms with Crippen molar-refractivity contribution in [2.75, 3.05) is 5.32 Å². The smallest absolute Gasteiger partial charge is 0.140 e. The van der Waals surface area contributed by atoms with Crippen LogP contribution in [0.25, 0.3) is 17.0 Å². The van der Waals surface area contributed by atoms with Gasteiger partial charge in [-0.25, -0.2) is 4.98 Å². The number of rotatable bonds is 5. The molecular formula is C27H20N4O. The topological polar surface area (TPSA) is 81.7 Å². The summed E-state index contributed by atoms with van der Waals surface area (Å²) in [6, 6.07) is 25.1. The molecule has 154 valence electrons. The highest BCUT2D eigenvalue weighted by Gasteiger charge is 2.12. The zero-order valence-corrected chi connectivity index (χ0v) is 17.8. The molecule has 4 aromatic rings. The zero-order chi connectivity index (χ0) is 22.5. The lowest BCUT2D eigenvalue weighted by molar-refractivity contribution is 0.480. The van der Waals surface area contributed by atoms with Crippen LogP contribution in [0.1, 0.15) is 22.3 Å². The van der Waals surface area contributed by atoms with E-state index < -0.39 is 0 Å². The molecule has 1 N–H and O–H groups in total. The van der Waals surface area contributed by atoms with Crippen LogP contribution in [0.3, 0.4) is 0 Å². The molecule has 5 nitrogen and oxygen atoms in total. The van der Waals surface area contributed by atoms with Crippen LogP contribution >= 0.6 is 0 Å². The van der Waals surface area contributed by atoms with Crippen LogP contribution in [0.15, 0.2) is 72.8 Å². The van der Waals surface area contributed by atoms with Crippen molar-refractivity contribution in [1.29, 1.82) is 10.5 Å². The molecule has 5 heteroatoms. The molecule has 0 radical (unpaired) electrons. The average molecular weight is 416 g/mol. The summed E-state index contributed by atoms with van der Waals surface area (Å²) in [5.74, 6) is 2.12. The van der Waals surface area contributed by atoms with E-state index in [-0.39, 0.29) is 0 Å². The number of anilines is 2. The van der Waals surface area contributed by atoms with Gasteiger partial charge in [-0.3, -0.25) is 0 Å². The Bertz CT molecular complexity index is 1380. The molecule has 0 atom stereocenters. The van der Waals surface area contributed by atoms with Crippen LogP contribution in [0.2, 0.25) is 0 Å². The quantitative estimate of drug-likeness (QED) is 0.362. The summed E-state index contributed by atoms with van der Waals surface area (Å²) in [6.07, 6.45) is 3.25. The lowest BCUT2D eigenvalue weighted by Gasteiger charge is -2.16. The Hall–Kier alpha value is -4.61. The standard InChI is InChI=1S/C27H20N4O/c1-18-14-21(6-5-13-28)15-19(2)27(18)32-25-16-26(31-24-8-4-3-7-23(24)25)30-22-11-9-20(17-29)10-12-22/h3-12,14-16H,1-2H3,(H,30,31)/b6-5-. The first-order chi connectivity index (χ1) is 15.6. The van der Waals surface area contributed by atoms with Gasteiger partial charge in [-0.1, -0.05) is 12.1 Å². The molecule has 0 aliphatic carbocycles. The van der Waals surface area contributed by atoms with E-state index in [1.165, 1.54) is 6.08 Å². The Kier molecular flexibility index (Phi) is 5.83. The van der Waals surface area contributed by atoms with Crippen molar-refractivity contribution in [3.05, 3.63) is 95.1 Å². The predicted octanol–water partition coefficient (Wildman–Crippen LogP) is 6.80. The van der Waals surface area contributed by atoms with Crippen LogP contribution in [0, 0.1) is 36.5 Å². The number of aromatic nitrogens is 1. The zero-order valence-electron chi connectivity index (χ0n) is 17.8.